The molecule has 0 aliphatic carbocycles. The molecule has 48 valence electrons. The van der Waals surface area contributed by atoms with Crippen LogP contribution in [0.25, 0.3) is 0 Å². The van der Waals surface area contributed by atoms with Gasteiger partial charge in [-0.05, 0) is 0 Å². The van der Waals surface area contributed by atoms with E-state index in [1.165, 1.54) is 0 Å². The third-order valence-corrected chi connectivity index (χ3v) is 4.94. The van der Waals surface area contributed by atoms with Crippen LogP contribution in [0.1, 0.15) is 19.0 Å². The molecule has 0 nitrogen and oxygen atoms in total. The third kappa shape index (κ3) is 1.38. The van der Waals surface area contributed by atoms with Crippen molar-refractivity contribution in [1.29, 1.82) is 0 Å². The van der Waals surface area contributed by atoms with E-state index in [1.54, 1.807) is 43.8 Å². The summed E-state index contributed by atoms with van der Waals surface area (Å²) in [7, 11) is 0.992. The molecule has 0 radical (unpaired) electrons. The summed E-state index contributed by atoms with van der Waals surface area (Å²) in [4.78, 5) is 0. The molecule has 9 heavy (non-hydrogen) atoms. The molecular formula is C7H12PSc. The predicted molar refractivity (Wildman–Crippen MR) is 42.0 cm³/mol. The van der Waals surface area contributed by atoms with Crippen LogP contribution >= 0.6 is 8.19 Å². The summed E-state index contributed by atoms with van der Waals surface area (Å²) in [6.07, 6.45) is 0. The monoisotopic (exact) mass is 172 g/mol. The summed E-state index contributed by atoms with van der Waals surface area (Å²) in [6.45, 7) is 6.72. The largest absolute Gasteiger partial charge is 1.00 e. The Labute approximate surface area is 75.7 Å². The molecular weight excluding hydrogens is 160 g/mol. The first-order valence-corrected chi connectivity index (χ1v) is 4.94. The van der Waals surface area contributed by atoms with Gasteiger partial charge in [0.1, 0.15) is 0 Å². The van der Waals surface area contributed by atoms with Gasteiger partial charge in [-0.3, -0.25) is 0 Å². The summed E-state index contributed by atoms with van der Waals surface area (Å²) in [5.74, 6) is 0. The fourth-order valence-corrected chi connectivity index (χ4v) is 3.03. The SMILES string of the molecule is Cc1[pH]c(C)[c]([Sc+2])c1C.[H-].[H-]. The molecule has 0 fully saturated rings. The van der Waals surface area contributed by atoms with Gasteiger partial charge in [0.25, 0.3) is 0 Å². The molecule has 0 aliphatic rings. The fourth-order valence-electron chi connectivity index (χ4n) is 0.926. The van der Waals surface area contributed by atoms with Crippen molar-refractivity contribution >= 4 is 11.5 Å². The van der Waals surface area contributed by atoms with Gasteiger partial charge in [-0.25, -0.2) is 0 Å². The van der Waals surface area contributed by atoms with Crippen LogP contribution in [0, 0.1) is 20.8 Å². The Morgan fingerprint density at radius 3 is 1.89 bits per heavy atom. The maximum Gasteiger partial charge on any atom is -1.00 e. The van der Waals surface area contributed by atoms with E-state index in [9.17, 15) is 0 Å². The van der Waals surface area contributed by atoms with Gasteiger partial charge in [0.2, 0.25) is 0 Å². The average Bonchev–Trinajstić information content (AvgIpc) is 1.98. The van der Waals surface area contributed by atoms with Crippen LogP contribution in [0.3, 0.4) is 0 Å². The molecule has 1 unspecified atom stereocenters. The Bertz CT molecular complexity index is 210. The van der Waals surface area contributed by atoms with Crippen molar-refractivity contribution < 1.29 is 27.2 Å². The van der Waals surface area contributed by atoms with Crippen LogP contribution in [-0.4, -0.2) is 0 Å². The minimum Gasteiger partial charge on any atom is -1.00 e. The molecule has 0 N–H and O–H groups in total. The third-order valence-electron chi connectivity index (χ3n) is 1.75. The molecule has 0 saturated heterocycles. The van der Waals surface area contributed by atoms with E-state index in [1.807, 2.05) is 0 Å². The zero-order valence-electron chi connectivity index (χ0n) is 8.08. The van der Waals surface area contributed by atoms with Crippen LogP contribution in [0.2, 0.25) is 0 Å². The van der Waals surface area contributed by atoms with E-state index < -0.39 is 0 Å². The fraction of sp³-hybridized carbons (Fsp3) is 0.429. The van der Waals surface area contributed by atoms with Crippen molar-refractivity contribution in [3.05, 3.63) is 16.2 Å². The Hall–Kier alpha value is 0.650. The Kier molecular flexibility index (Phi) is 2.34. The molecule has 2 heteroatoms. The maximum atomic E-state index is 2.25. The first kappa shape index (κ1) is 7.75. The van der Waals surface area contributed by atoms with Crippen LogP contribution in [-0.2, 0) is 24.4 Å². The quantitative estimate of drug-likeness (QED) is 0.561. The van der Waals surface area contributed by atoms with E-state index in [2.05, 4.69) is 20.8 Å². The second-order valence-corrected chi connectivity index (χ2v) is 5.07. The van der Waals surface area contributed by atoms with E-state index in [0.29, 0.717) is 0 Å². The smallest absolute Gasteiger partial charge is 1.00 e. The van der Waals surface area contributed by atoms with E-state index in [0.717, 1.165) is 8.19 Å². The predicted octanol–water partition coefficient (Wildman–Crippen LogP) is 2.04. The minimum absolute atomic E-state index is 0. The Balaban J connectivity index is 0. The summed E-state index contributed by atoms with van der Waals surface area (Å²) in [5.41, 5.74) is 1.55. The van der Waals surface area contributed by atoms with Crippen molar-refractivity contribution in [2.45, 2.75) is 20.8 Å². The van der Waals surface area contributed by atoms with Crippen LogP contribution in [0.4, 0.5) is 0 Å². The van der Waals surface area contributed by atoms with E-state index in [4.69, 9.17) is 0 Å². The van der Waals surface area contributed by atoms with Gasteiger partial charge >= 0.3 is 72.8 Å². The molecule has 0 aromatic carbocycles. The van der Waals surface area contributed by atoms with Gasteiger partial charge in [-0.15, -0.1) is 0 Å². The van der Waals surface area contributed by atoms with Gasteiger partial charge in [0.15, 0.2) is 0 Å². The molecule has 0 spiro atoms. The van der Waals surface area contributed by atoms with E-state index in [-0.39, 0.29) is 2.85 Å². The zero-order chi connectivity index (χ0) is 7.02. The van der Waals surface area contributed by atoms with Crippen molar-refractivity contribution in [2.24, 2.45) is 0 Å². The zero-order valence-corrected chi connectivity index (χ0v) is 8.88. The average molecular weight is 172 g/mol. The van der Waals surface area contributed by atoms with Crippen LogP contribution < -0.4 is 3.32 Å². The van der Waals surface area contributed by atoms with Crippen molar-refractivity contribution in [3.63, 3.8) is 0 Å². The summed E-state index contributed by atoms with van der Waals surface area (Å²) < 4.78 is 1.58. The maximum absolute atomic E-state index is 2.25. The summed E-state index contributed by atoms with van der Waals surface area (Å²) in [5, 5.41) is 3.19. The normalized spacial score (nSPS) is 11.2. The van der Waals surface area contributed by atoms with Gasteiger partial charge in [0, 0.05) is 0 Å². The molecule has 0 saturated carbocycles. The van der Waals surface area contributed by atoms with Gasteiger partial charge in [-0.1, -0.05) is 0 Å². The second-order valence-electron chi connectivity index (χ2n) is 2.41. The number of hydrogen-bond donors (Lipinski definition) is 0. The first-order valence-electron chi connectivity index (χ1n) is 3.04. The Morgan fingerprint density at radius 1 is 1.22 bits per heavy atom. The van der Waals surface area contributed by atoms with E-state index >= 15 is 0 Å². The molecule has 1 atom stereocenters. The molecule has 1 aromatic heterocycles. The molecule has 1 aromatic rings. The van der Waals surface area contributed by atoms with Crippen LogP contribution in [0.5, 0.6) is 0 Å². The molecule has 0 aliphatic heterocycles. The van der Waals surface area contributed by atoms with Crippen molar-refractivity contribution in [2.75, 3.05) is 0 Å². The molecule has 0 bridgehead atoms. The van der Waals surface area contributed by atoms with Crippen molar-refractivity contribution in [3.8, 4) is 0 Å². The summed E-state index contributed by atoms with van der Waals surface area (Å²) >= 11 is 1.78. The van der Waals surface area contributed by atoms with Crippen LogP contribution in [0.15, 0.2) is 0 Å². The minimum atomic E-state index is 0. The number of hydrogen-bond acceptors (Lipinski definition) is 0. The van der Waals surface area contributed by atoms with Crippen molar-refractivity contribution in [1.82, 2.24) is 0 Å². The second kappa shape index (κ2) is 2.72. The van der Waals surface area contributed by atoms with Gasteiger partial charge in [0.05, 0.1) is 0 Å². The number of aryl methyl sites for hydroxylation is 2. The molecule has 1 rings (SSSR count). The number of rotatable bonds is 0. The van der Waals surface area contributed by atoms with Gasteiger partial charge in [-0.2, -0.15) is 0 Å². The summed E-state index contributed by atoms with van der Waals surface area (Å²) in [6, 6.07) is 0. The molecule has 1 heterocycles. The van der Waals surface area contributed by atoms with Gasteiger partial charge < -0.3 is 2.85 Å². The Morgan fingerprint density at radius 2 is 1.78 bits per heavy atom. The topological polar surface area (TPSA) is 0 Å². The standard InChI is InChI=1S/C7H10P.Sc.2H/c1-5-4-6(2)8-7(5)3;;;/h8H,1-3H3;;;/q;+2;2*-1. The molecule has 0 amide bonds. The first-order chi connectivity index (χ1) is 4.13.